The van der Waals surface area contributed by atoms with Gasteiger partial charge in [0.2, 0.25) is 0 Å². The predicted octanol–water partition coefficient (Wildman–Crippen LogP) is 4.02. The van der Waals surface area contributed by atoms with E-state index < -0.39 is 0 Å². The maximum Gasteiger partial charge on any atom is 0.268 e. The third-order valence-electron chi connectivity index (χ3n) is 2.49. The first-order valence-electron chi connectivity index (χ1n) is 5.48. The Hall–Kier alpha value is -0.590. The van der Waals surface area contributed by atoms with Crippen LogP contribution in [0.25, 0.3) is 0 Å². The van der Waals surface area contributed by atoms with Gasteiger partial charge < -0.3 is 9.88 Å². The molecule has 6 heteroatoms. The van der Waals surface area contributed by atoms with E-state index in [1.807, 2.05) is 35.9 Å². The summed E-state index contributed by atoms with van der Waals surface area (Å²) in [6.45, 7) is 3.35. The van der Waals surface area contributed by atoms with Crippen LogP contribution in [0.3, 0.4) is 0 Å². The summed E-state index contributed by atoms with van der Waals surface area (Å²) in [6, 6.07) is 5.82. The van der Waals surface area contributed by atoms with Crippen molar-refractivity contribution in [2.24, 2.45) is 0 Å². The Bertz CT molecular complexity index is 562. The molecule has 3 nitrogen and oxygen atoms in total. The fourth-order valence-corrected chi connectivity index (χ4v) is 3.52. The number of hydrogen-bond acceptors (Lipinski definition) is 2. The molecule has 0 aliphatic heterocycles. The van der Waals surface area contributed by atoms with Crippen LogP contribution in [0.15, 0.2) is 32.7 Å². The third kappa shape index (κ3) is 3.24. The lowest BCUT2D eigenvalue weighted by atomic mass is 10.4. The highest BCUT2D eigenvalue weighted by Crippen LogP contribution is 2.22. The van der Waals surface area contributed by atoms with E-state index >= 15 is 0 Å². The molecule has 1 amide bonds. The number of carbonyl (C=O) groups is 1. The van der Waals surface area contributed by atoms with E-state index in [0.717, 1.165) is 19.7 Å². The molecule has 0 aromatic carbocycles. The molecule has 0 spiro atoms. The van der Waals surface area contributed by atoms with Crippen molar-refractivity contribution in [3.63, 3.8) is 0 Å². The van der Waals surface area contributed by atoms with Crippen molar-refractivity contribution in [2.45, 2.75) is 20.0 Å². The summed E-state index contributed by atoms with van der Waals surface area (Å²) in [5.41, 5.74) is 0.681. The van der Waals surface area contributed by atoms with Crippen molar-refractivity contribution in [1.29, 1.82) is 0 Å². The van der Waals surface area contributed by atoms with E-state index in [0.29, 0.717) is 12.2 Å². The van der Waals surface area contributed by atoms with Crippen LogP contribution in [0, 0.1) is 0 Å². The fraction of sp³-hybridized carbons (Fsp3) is 0.250. The maximum atomic E-state index is 12.1. The molecule has 0 saturated heterocycles. The number of carbonyl (C=O) groups excluding carboxylic acids is 1. The van der Waals surface area contributed by atoms with Gasteiger partial charge in [-0.05, 0) is 57.0 Å². The van der Waals surface area contributed by atoms with Gasteiger partial charge in [0.15, 0.2) is 0 Å². The van der Waals surface area contributed by atoms with Crippen LogP contribution in [0.1, 0.15) is 22.3 Å². The van der Waals surface area contributed by atoms with Crippen molar-refractivity contribution in [1.82, 2.24) is 9.88 Å². The number of nitrogens with zero attached hydrogens (tertiary/aromatic N) is 1. The molecule has 2 aromatic heterocycles. The molecular weight excluding hydrogens is 380 g/mol. The molecule has 0 unspecified atom stereocenters. The summed E-state index contributed by atoms with van der Waals surface area (Å²) in [4.78, 5) is 13.2. The van der Waals surface area contributed by atoms with Crippen molar-refractivity contribution in [3.8, 4) is 0 Å². The van der Waals surface area contributed by atoms with E-state index in [4.69, 9.17) is 0 Å². The first-order valence-corrected chi connectivity index (χ1v) is 7.88. The van der Waals surface area contributed by atoms with E-state index in [-0.39, 0.29) is 5.91 Å². The van der Waals surface area contributed by atoms with Crippen molar-refractivity contribution < 1.29 is 4.79 Å². The minimum atomic E-state index is -0.0490. The Labute approximate surface area is 126 Å². The molecule has 2 rings (SSSR count). The summed E-state index contributed by atoms with van der Waals surface area (Å²) in [5.74, 6) is -0.0490. The van der Waals surface area contributed by atoms with Gasteiger partial charge in [-0.1, -0.05) is 0 Å². The minimum Gasteiger partial charge on any atom is -0.346 e. The molecule has 1 N–H and O–H groups in total. The number of thiophene rings is 1. The number of nitrogens with one attached hydrogen (secondary N) is 1. The Morgan fingerprint density at radius 3 is 2.83 bits per heavy atom. The van der Waals surface area contributed by atoms with Gasteiger partial charge in [-0.2, -0.15) is 0 Å². The zero-order chi connectivity index (χ0) is 13.1. The zero-order valence-corrected chi connectivity index (χ0v) is 13.7. The van der Waals surface area contributed by atoms with Crippen LogP contribution in [-0.2, 0) is 13.1 Å². The lowest BCUT2D eigenvalue weighted by molar-refractivity contribution is 0.0942. The summed E-state index contributed by atoms with van der Waals surface area (Å²) in [5, 5.41) is 2.93. The standard InChI is InChI=1S/C12H12Br2N2OS/c1-2-16-7-8(13)5-10(16)12(17)15-6-9-3-4-11(14)18-9/h3-5,7H,2,6H2,1H3,(H,15,17). The van der Waals surface area contributed by atoms with Crippen molar-refractivity contribution in [3.05, 3.63) is 43.2 Å². The Kier molecular flexibility index (Phi) is 4.64. The summed E-state index contributed by atoms with van der Waals surface area (Å²) < 4.78 is 3.92. The average Bonchev–Trinajstić information content (AvgIpc) is 2.92. The Balaban J connectivity index is 2.03. The number of aromatic nitrogens is 1. The highest BCUT2D eigenvalue weighted by molar-refractivity contribution is 9.11. The molecule has 0 bridgehead atoms. The van der Waals surface area contributed by atoms with Gasteiger partial charge in [0.1, 0.15) is 5.69 Å². The molecule has 0 saturated carbocycles. The Morgan fingerprint density at radius 1 is 1.44 bits per heavy atom. The fourth-order valence-electron chi connectivity index (χ4n) is 1.63. The second kappa shape index (κ2) is 6.04. The number of aryl methyl sites for hydroxylation is 1. The molecule has 0 fully saturated rings. The molecule has 0 aliphatic carbocycles. The van der Waals surface area contributed by atoms with E-state index in [1.165, 1.54) is 0 Å². The van der Waals surface area contributed by atoms with Crippen LogP contribution < -0.4 is 5.32 Å². The molecule has 18 heavy (non-hydrogen) atoms. The van der Waals surface area contributed by atoms with Crippen molar-refractivity contribution in [2.75, 3.05) is 0 Å². The minimum absolute atomic E-state index is 0.0490. The smallest absolute Gasteiger partial charge is 0.268 e. The number of halogens is 2. The normalized spacial score (nSPS) is 10.6. The van der Waals surface area contributed by atoms with Gasteiger partial charge in [0.05, 0.1) is 10.3 Å². The molecule has 96 valence electrons. The lowest BCUT2D eigenvalue weighted by Gasteiger charge is -2.06. The van der Waals surface area contributed by atoms with Gasteiger partial charge in [0.25, 0.3) is 5.91 Å². The number of amides is 1. The zero-order valence-electron chi connectivity index (χ0n) is 9.74. The van der Waals surface area contributed by atoms with Crippen LogP contribution in [-0.4, -0.2) is 10.5 Å². The highest BCUT2D eigenvalue weighted by Gasteiger charge is 2.12. The summed E-state index contributed by atoms with van der Waals surface area (Å²) in [7, 11) is 0. The van der Waals surface area contributed by atoms with Crippen LogP contribution in [0.4, 0.5) is 0 Å². The summed E-state index contributed by atoms with van der Waals surface area (Å²) in [6.07, 6.45) is 1.91. The quantitative estimate of drug-likeness (QED) is 0.838. The van der Waals surface area contributed by atoms with Gasteiger partial charge in [-0.15, -0.1) is 11.3 Å². The summed E-state index contributed by atoms with van der Waals surface area (Å²) >= 11 is 8.42. The van der Waals surface area contributed by atoms with E-state index in [2.05, 4.69) is 37.2 Å². The third-order valence-corrected chi connectivity index (χ3v) is 4.55. The largest absolute Gasteiger partial charge is 0.346 e. The van der Waals surface area contributed by atoms with Gasteiger partial charge >= 0.3 is 0 Å². The first-order chi connectivity index (χ1) is 8.60. The second-order valence-electron chi connectivity index (χ2n) is 3.72. The monoisotopic (exact) mass is 390 g/mol. The van der Waals surface area contributed by atoms with Crippen molar-refractivity contribution >= 4 is 49.1 Å². The number of rotatable bonds is 4. The SMILES string of the molecule is CCn1cc(Br)cc1C(=O)NCc1ccc(Br)s1. The predicted molar refractivity (Wildman–Crippen MR) is 81.0 cm³/mol. The highest BCUT2D eigenvalue weighted by atomic mass is 79.9. The molecule has 2 aromatic rings. The first kappa shape index (κ1) is 13.8. The maximum absolute atomic E-state index is 12.1. The van der Waals surface area contributed by atoms with Crippen LogP contribution >= 0.6 is 43.2 Å². The van der Waals surface area contributed by atoms with Crippen LogP contribution in [0.2, 0.25) is 0 Å². The van der Waals surface area contributed by atoms with Gasteiger partial charge in [0, 0.05) is 22.1 Å². The molecule has 0 atom stereocenters. The lowest BCUT2D eigenvalue weighted by Crippen LogP contribution is -2.24. The molecule has 0 aliphatic rings. The number of hydrogen-bond donors (Lipinski definition) is 1. The van der Waals surface area contributed by atoms with E-state index in [1.54, 1.807) is 11.3 Å². The Morgan fingerprint density at radius 2 is 2.22 bits per heavy atom. The molecule has 0 radical (unpaired) electrons. The second-order valence-corrected chi connectivity index (χ2v) is 7.18. The van der Waals surface area contributed by atoms with Crippen LogP contribution in [0.5, 0.6) is 0 Å². The molecular formula is C12H12Br2N2OS. The van der Waals surface area contributed by atoms with Gasteiger partial charge in [-0.25, -0.2) is 0 Å². The molecule has 2 heterocycles. The topological polar surface area (TPSA) is 34.0 Å². The van der Waals surface area contributed by atoms with Gasteiger partial charge in [-0.3, -0.25) is 4.79 Å². The average molecular weight is 392 g/mol. The van der Waals surface area contributed by atoms with E-state index in [9.17, 15) is 4.79 Å².